The highest BCUT2D eigenvalue weighted by atomic mass is 19.1. The van der Waals surface area contributed by atoms with E-state index in [-0.39, 0.29) is 24.9 Å². The molecule has 5 nitrogen and oxygen atoms in total. The molecule has 1 aliphatic carbocycles. The van der Waals surface area contributed by atoms with Crippen molar-refractivity contribution in [3.05, 3.63) is 29.6 Å². The third kappa shape index (κ3) is 5.45. The summed E-state index contributed by atoms with van der Waals surface area (Å²) in [4.78, 5) is 16.1. The third-order valence-electron chi connectivity index (χ3n) is 6.06. The molecule has 0 radical (unpaired) electrons. The van der Waals surface area contributed by atoms with E-state index in [0.717, 1.165) is 19.4 Å². The topological polar surface area (TPSA) is 53.0 Å². The molecule has 0 aromatic heterocycles. The first-order valence-electron chi connectivity index (χ1n) is 10.5. The molecule has 3 rings (SSSR count). The van der Waals surface area contributed by atoms with Gasteiger partial charge in [-0.25, -0.2) is 4.39 Å². The lowest BCUT2D eigenvalue weighted by molar-refractivity contribution is -0.132. The Labute approximate surface area is 167 Å². The van der Waals surface area contributed by atoms with Gasteiger partial charge in [0.05, 0.1) is 6.54 Å². The molecule has 1 saturated carbocycles. The molecule has 0 unspecified atom stereocenters. The molecule has 1 amide bonds. The molecule has 1 aromatic rings. The summed E-state index contributed by atoms with van der Waals surface area (Å²) in [6.45, 7) is 5.46. The maximum absolute atomic E-state index is 13.5. The van der Waals surface area contributed by atoms with Gasteiger partial charge in [0.25, 0.3) is 0 Å². The number of amides is 1. The molecular formula is C22H33FN2O3. The molecule has 6 heteroatoms. The Balaban J connectivity index is 1.73. The Bertz CT molecular complexity index is 676. The normalized spacial score (nSPS) is 25.2. The van der Waals surface area contributed by atoms with Crippen molar-refractivity contribution in [3.63, 3.8) is 0 Å². The zero-order valence-corrected chi connectivity index (χ0v) is 17.1. The number of hydrogen-bond donors (Lipinski definition) is 1. The number of halogens is 1. The van der Waals surface area contributed by atoms with E-state index in [1.165, 1.54) is 31.7 Å². The molecule has 156 valence electrons. The average molecular weight is 393 g/mol. The molecule has 0 spiro atoms. The highest BCUT2D eigenvalue weighted by molar-refractivity contribution is 5.73. The van der Waals surface area contributed by atoms with E-state index in [2.05, 4.69) is 4.90 Å². The highest BCUT2D eigenvalue weighted by Crippen LogP contribution is 2.26. The van der Waals surface area contributed by atoms with Gasteiger partial charge in [0, 0.05) is 32.6 Å². The van der Waals surface area contributed by atoms with Crippen molar-refractivity contribution in [2.75, 3.05) is 32.8 Å². The number of nitrogens with zero attached hydrogens (tertiary/aromatic N) is 2. The first-order valence-corrected chi connectivity index (χ1v) is 10.5. The number of carbonyl (C=O) groups excluding carboxylic acids is 1. The van der Waals surface area contributed by atoms with Gasteiger partial charge < -0.3 is 14.7 Å². The zero-order chi connectivity index (χ0) is 20.1. The smallest absolute Gasteiger partial charge is 0.219 e. The van der Waals surface area contributed by atoms with E-state index in [0.29, 0.717) is 30.4 Å². The Morgan fingerprint density at radius 3 is 2.57 bits per heavy atom. The fourth-order valence-corrected chi connectivity index (χ4v) is 4.41. The second-order valence-electron chi connectivity index (χ2n) is 8.48. The van der Waals surface area contributed by atoms with Crippen molar-refractivity contribution in [2.24, 2.45) is 0 Å². The van der Waals surface area contributed by atoms with Gasteiger partial charge in [0.1, 0.15) is 23.8 Å². The summed E-state index contributed by atoms with van der Waals surface area (Å²) in [6.07, 6.45) is 7.30. The summed E-state index contributed by atoms with van der Waals surface area (Å²) in [5.74, 6) is 0.230. The van der Waals surface area contributed by atoms with Crippen LogP contribution in [0.1, 0.15) is 51.0 Å². The Kier molecular flexibility index (Phi) is 6.94. The van der Waals surface area contributed by atoms with Crippen LogP contribution >= 0.6 is 0 Å². The fourth-order valence-electron chi connectivity index (χ4n) is 4.41. The average Bonchev–Trinajstić information content (AvgIpc) is 3.02. The SMILES string of the molecule is CC(=O)N1CCN(C2CCCCCC2)C[C@](O)(COc2ccc(F)c(C)c2)C1. The number of hydrogen-bond acceptors (Lipinski definition) is 4. The second-order valence-corrected chi connectivity index (χ2v) is 8.48. The fraction of sp³-hybridized carbons (Fsp3) is 0.682. The van der Waals surface area contributed by atoms with E-state index in [4.69, 9.17) is 4.74 Å². The van der Waals surface area contributed by atoms with Gasteiger partial charge in [0.2, 0.25) is 5.91 Å². The van der Waals surface area contributed by atoms with Gasteiger partial charge in [-0.05, 0) is 43.5 Å². The molecule has 2 fully saturated rings. The third-order valence-corrected chi connectivity index (χ3v) is 6.06. The molecule has 1 aliphatic heterocycles. The van der Waals surface area contributed by atoms with Crippen LogP contribution in [0.15, 0.2) is 18.2 Å². The minimum Gasteiger partial charge on any atom is -0.490 e. The minimum absolute atomic E-state index is 0.0289. The number of aliphatic hydroxyl groups is 1. The van der Waals surface area contributed by atoms with Gasteiger partial charge in [0.15, 0.2) is 0 Å². The van der Waals surface area contributed by atoms with E-state index >= 15 is 0 Å². The van der Waals surface area contributed by atoms with Crippen molar-refractivity contribution >= 4 is 5.91 Å². The van der Waals surface area contributed by atoms with Crippen LogP contribution in [0.3, 0.4) is 0 Å². The number of carbonyl (C=O) groups is 1. The maximum atomic E-state index is 13.5. The van der Waals surface area contributed by atoms with E-state index in [1.807, 2.05) is 0 Å². The second kappa shape index (κ2) is 9.23. The minimum atomic E-state index is -1.16. The molecule has 2 aliphatic rings. The van der Waals surface area contributed by atoms with Crippen LogP contribution in [0, 0.1) is 12.7 Å². The summed E-state index contributed by atoms with van der Waals surface area (Å²) in [5.41, 5.74) is -0.646. The van der Waals surface area contributed by atoms with Crippen molar-refractivity contribution in [1.29, 1.82) is 0 Å². The summed E-state index contributed by atoms with van der Waals surface area (Å²) in [5, 5.41) is 11.4. The maximum Gasteiger partial charge on any atom is 0.219 e. The van der Waals surface area contributed by atoms with Crippen LogP contribution in [-0.4, -0.2) is 65.2 Å². The first kappa shape index (κ1) is 21.1. The number of ether oxygens (including phenoxy) is 1. The lowest BCUT2D eigenvalue weighted by Gasteiger charge is -2.36. The van der Waals surface area contributed by atoms with Crippen LogP contribution in [-0.2, 0) is 4.79 Å². The van der Waals surface area contributed by atoms with Gasteiger partial charge in [-0.1, -0.05) is 25.7 Å². The Morgan fingerprint density at radius 1 is 1.21 bits per heavy atom. The predicted molar refractivity (Wildman–Crippen MR) is 107 cm³/mol. The predicted octanol–water partition coefficient (Wildman–Crippen LogP) is 3.13. The van der Waals surface area contributed by atoms with Crippen molar-refractivity contribution in [1.82, 2.24) is 9.80 Å². The highest BCUT2D eigenvalue weighted by Gasteiger charge is 2.38. The Morgan fingerprint density at radius 2 is 1.93 bits per heavy atom. The van der Waals surface area contributed by atoms with Crippen molar-refractivity contribution < 1.29 is 19.0 Å². The molecule has 1 N–H and O–H groups in total. The summed E-state index contributed by atoms with van der Waals surface area (Å²) >= 11 is 0. The lowest BCUT2D eigenvalue weighted by Crippen LogP contribution is -2.53. The van der Waals surface area contributed by atoms with Crippen LogP contribution in [0.4, 0.5) is 4.39 Å². The van der Waals surface area contributed by atoms with Gasteiger partial charge in [-0.3, -0.25) is 9.69 Å². The van der Waals surface area contributed by atoms with Crippen molar-refractivity contribution in [3.8, 4) is 5.75 Å². The van der Waals surface area contributed by atoms with Crippen LogP contribution < -0.4 is 4.74 Å². The lowest BCUT2D eigenvalue weighted by atomic mass is 10.0. The van der Waals surface area contributed by atoms with Crippen LogP contribution in [0.2, 0.25) is 0 Å². The summed E-state index contributed by atoms with van der Waals surface area (Å²) < 4.78 is 19.3. The largest absolute Gasteiger partial charge is 0.490 e. The van der Waals surface area contributed by atoms with Crippen LogP contribution in [0.5, 0.6) is 5.75 Å². The first-order chi connectivity index (χ1) is 13.4. The van der Waals surface area contributed by atoms with Crippen molar-refractivity contribution in [2.45, 2.75) is 64.0 Å². The zero-order valence-electron chi connectivity index (χ0n) is 17.1. The molecular weight excluding hydrogens is 359 g/mol. The Hall–Kier alpha value is -1.66. The molecule has 28 heavy (non-hydrogen) atoms. The molecule has 1 aromatic carbocycles. The monoisotopic (exact) mass is 392 g/mol. The summed E-state index contributed by atoms with van der Waals surface area (Å²) in [6, 6.07) is 5.05. The quantitative estimate of drug-likeness (QED) is 0.800. The van der Waals surface area contributed by atoms with Gasteiger partial charge in [-0.2, -0.15) is 0 Å². The molecule has 1 atom stereocenters. The molecule has 0 bridgehead atoms. The molecule has 1 saturated heterocycles. The van der Waals surface area contributed by atoms with Gasteiger partial charge in [-0.15, -0.1) is 0 Å². The number of rotatable bonds is 4. The molecule has 1 heterocycles. The van der Waals surface area contributed by atoms with Crippen LogP contribution in [0.25, 0.3) is 0 Å². The van der Waals surface area contributed by atoms with E-state index < -0.39 is 5.60 Å². The van der Waals surface area contributed by atoms with E-state index in [1.54, 1.807) is 30.9 Å². The number of aryl methyl sites for hydroxylation is 1. The number of benzene rings is 1. The number of β-amino-alcohol motifs (C(OH)–C–C–N with tert-alkyl or cyclic N) is 1. The summed E-state index contributed by atoms with van der Waals surface area (Å²) in [7, 11) is 0. The standard InChI is InChI=1S/C22H33FN2O3/c1-17-13-20(9-10-21(17)23)28-16-22(27)14-24(18(2)26)11-12-25(15-22)19-7-5-3-4-6-8-19/h9-10,13,19,27H,3-8,11-12,14-16H2,1-2H3/t22-/m0/s1. The van der Waals surface area contributed by atoms with Gasteiger partial charge >= 0.3 is 0 Å². The van der Waals surface area contributed by atoms with E-state index in [9.17, 15) is 14.3 Å².